The Morgan fingerprint density at radius 1 is 0.312 bits per heavy atom. The number of hydrogen-bond acceptors (Lipinski definition) is 3. The summed E-state index contributed by atoms with van der Waals surface area (Å²) in [6.07, 6.45) is 0. The van der Waals surface area contributed by atoms with Crippen LogP contribution in [0.15, 0.2) is 176 Å². The van der Waals surface area contributed by atoms with Crippen LogP contribution >= 0.6 is 0 Å². The first kappa shape index (κ1) is 27.8. The Kier molecular flexibility index (Phi) is 6.80. The lowest BCUT2D eigenvalue weighted by Gasteiger charge is -2.17. The molecule has 0 radical (unpaired) electrons. The van der Waals surface area contributed by atoms with Crippen molar-refractivity contribution in [2.24, 2.45) is 0 Å². The fraction of sp³-hybridized carbons (Fsp3) is 0. The van der Waals surface area contributed by atoms with E-state index in [1.54, 1.807) is 0 Å². The van der Waals surface area contributed by atoms with Crippen molar-refractivity contribution in [2.75, 3.05) is 0 Å². The summed E-state index contributed by atoms with van der Waals surface area (Å²) in [4.78, 5) is 15.6. The Hall–Kier alpha value is -6.45. The van der Waals surface area contributed by atoms with Crippen molar-refractivity contribution in [3.05, 3.63) is 176 Å². The Labute approximate surface area is 278 Å². The molecule has 0 unspecified atom stereocenters. The second-order valence-electron chi connectivity index (χ2n) is 12.0. The molecule has 0 spiro atoms. The Morgan fingerprint density at radius 2 is 0.833 bits per heavy atom. The van der Waals surface area contributed by atoms with Crippen LogP contribution in [0.2, 0.25) is 0 Å². The molecule has 0 aliphatic carbocycles. The van der Waals surface area contributed by atoms with Crippen LogP contribution in [0.3, 0.4) is 0 Å². The minimum absolute atomic E-state index is 0.671. The van der Waals surface area contributed by atoms with Gasteiger partial charge in [-0.05, 0) is 40.1 Å². The first-order chi connectivity index (χ1) is 23.8. The number of aromatic nitrogens is 3. The van der Waals surface area contributed by atoms with Gasteiger partial charge in [0.1, 0.15) is 0 Å². The van der Waals surface area contributed by atoms with Crippen molar-refractivity contribution in [1.29, 1.82) is 0 Å². The van der Waals surface area contributed by atoms with Crippen LogP contribution in [-0.4, -0.2) is 15.0 Å². The van der Waals surface area contributed by atoms with Crippen molar-refractivity contribution >= 4 is 32.4 Å². The van der Waals surface area contributed by atoms with E-state index in [2.05, 4.69) is 140 Å². The molecule has 0 aliphatic heterocycles. The predicted molar refractivity (Wildman–Crippen MR) is 200 cm³/mol. The van der Waals surface area contributed by atoms with E-state index in [1.165, 1.54) is 27.3 Å². The van der Waals surface area contributed by atoms with Gasteiger partial charge >= 0.3 is 0 Å². The van der Waals surface area contributed by atoms with Gasteiger partial charge < -0.3 is 0 Å². The van der Waals surface area contributed by atoms with E-state index in [4.69, 9.17) is 15.0 Å². The van der Waals surface area contributed by atoms with Gasteiger partial charge in [-0.15, -0.1) is 0 Å². The average molecular weight is 612 g/mol. The standard InChI is InChI=1S/C45H29N3/c1-5-15-30(16-6-1)38-28-39-43(36-24-14-13-23-35(36)38)37-26-25-34(27-42(37)46-44(39)33-21-11-4-12-22-33)45-47-40(31-17-7-2-8-18-31)29-41(48-45)32-19-9-3-10-20-32/h1-29H. The molecule has 0 aliphatic rings. The van der Waals surface area contributed by atoms with Gasteiger partial charge in [-0.2, -0.15) is 0 Å². The van der Waals surface area contributed by atoms with E-state index in [0.717, 1.165) is 55.6 Å². The molecule has 2 aromatic heterocycles. The van der Waals surface area contributed by atoms with E-state index >= 15 is 0 Å². The lowest BCUT2D eigenvalue weighted by Crippen LogP contribution is -1.97. The maximum atomic E-state index is 5.41. The summed E-state index contributed by atoms with van der Waals surface area (Å²) in [5, 5.41) is 5.86. The van der Waals surface area contributed by atoms with Gasteiger partial charge in [-0.3, -0.25) is 0 Å². The van der Waals surface area contributed by atoms with Crippen LogP contribution < -0.4 is 0 Å². The summed E-state index contributed by atoms with van der Waals surface area (Å²) in [6.45, 7) is 0. The van der Waals surface area contributed by atoms with Crippen LogP contribution in [0.1, 0.15) is 0 Å². The normalized spacial score (nSPS) is 11.3. The van der Waals surface area contributed by atoms with E-state index in [9.17, 15) is 0 Å². The molecule has 2 heterocycles. The molecule has 0 saturated heterocycles. The van der Waals surface area contributed by atoms with Crippen molar-refractivity contribution in [3.8, 4) is 56.3 Å². The highest BCUT2D eigenvalue weighted by Gasteiger charge is 2.18. The Morgan fingerprint density at radius 3 is 1.44 bits per heavy atom. The largest absolute Gasteiger partial charge is 0.247 e. The molecule has 0 atom stereocenters. The topological polar surface area (TPSA) is 38.7 Å². The lowest BCUT2D eigenvalue weighted by molar-refractivity contribution is 1.18. The number of rotatable bonds is 5. The molecule has 3 heteroatoms. The second kappa shape index (κ2) is 11.7. The first-order valence-electron chi connectivity index (χ1n) is 16.2. The van der Waals surface area contributed by atoms with E-state index in [0.29, 0.717) is 5.82 Å². The summed E-state index contributed by atoms with van der Waals surface area (Å²) >= 11 is 0. The highest BCUT2D eigenvalue weighted by Crippen LogP contribution is 2.42. The highest BCUT2D eigenvalue weighted by molar-refractivity contribution is 6.25. The predicted octanol–water partition coefficient (Wildman–Crippen LogP) is 11.7. The molecule has 0 fully saturated rings. The molecule has 48 heavy (non-hydrogen) atoms. The molecular weight excluding hydrogens is 583 g/mol. The molecule has 7 aromatic carbocycles. The summed E-state index contributed by atoms with van der Waals surface area (Å²) in [6, 6.07) is 61.4. The molecule has 3 nitrogen and oxygen atoms in total. The fourth-order valence-corrected chi connectivity index (χ4v) is 6.77. The van der Waals surface area contributed by atoms with Gasteiger partial charge in [-0.25, -0.2) is 15.0 Å². The van der Waals surface area contributed by atoms with Crippen molar-refractivity contribution < 1.29 is 0 Å². The Bertz CT molecular complexity index is 2520. The van der Waals surface area contributed by atoms with Crippen molar-refractivity contribution in [3.63, 3.8) is 0 Å². The average Bonchev–Trinajstić information content (AvgIpc) is 3.18. The molecular formula is C45H29N3. The smallest absolute Gasteiger partial charge is 0.160 e. The van der Waals surface area contributed by atoms with E-state index < -0.39 is 0 Å². The van der Waals surface area contributed by atoms with Crippen LogP contribution in [-0.2, 0) is 0 Å². The summed E-state index contributed by atoms with van der Waals surface area (Å²) in [5.74, 6) is 0.671. The van der Waals surface area contributed by atoms with E-state index in [1.807, 2.05) is 36.4 Å². The minimum atomic E-state index is 0.671. The molecule has 0 N–H and O–H groups in total. The van der Waals surface area contributed by atoms with Gasteiger partial charge in [0.05, 0.1) is 22.6 Å². The molecule has 224 valence electrons. The quantitative estimate of drug-likeness (QED) is 0.182. The van der Waals surface area contributed by atoms with E-state index in [-0.39, 0.29) is 0 Å². The van der Waals surface area contributed by atoms with Crippen LogP contribution in [0.5, 0.6) is 0 Å². The maximum absolute atomic E-state index is 5.41. The SMILES string of the molecule is c1ccc(-c2cc(-c3ccccc3)nc(-c3ccc4c(c3)nc(-c3ccccc3)c3cc(-c5ccccc5)c5ccccc5c34)n2)cc1. The zero-order valence-electron chi connectivity index (χ0n) is 26.1. The Balaban J connectivity index is 1.33. The van der Waals surface area contributed by atoms with Crippen LogP contribution in [0.25, 0.3) is 88.7 Å². The summed E-state index contributed by atoms with van der Waals surface area (Å²) < 4.78 is 0. The van der Waals surface area contributed by atoms with Gasteiger partial charge in [-0.1, -0.05) is 158 Å². The van der Waals surface area contributed by atoms with Gasteiger partial charge in [0.15, 0.2) is 5.82 Å². The van der Waals surface area contributed by atoms with Gasteiger partial charge in [0.25, 0.3) is 0 Å². The minimum Gasteiger partial charge on any atom is -0.247 e. The molecule has 0 amide bonds. The third-order valence-corrected chi connectivity index (χ3v) is 9.05. The molecule has 9 aromatic rings. The van der Waals surface area contributed by atoms with Crippen molar-refractivity contribution in [1.82, 2.24) is 15.0 Å². The van der Waals surface area contributed by atoms with Gasteiger partial charge in [0.2, 0.25) is 0 Å². The third kappa shape index (κ3) is 4.90. The molecule has 9 rings (SSSR count). The first-order valence-corrected chi connectivity index (χ1v) is 16.2. The molecule has 0 bridgehead atoms. The number of pyridine rings is 1. The summed E-state index contributed by atoms with van der Waals surface area (Å²) in [5.41, 5.74) is 10.1. The fourth-order valence-electron chi connectivity index (χ4n) is 6.77. The number of hydrogen-bond donors (Lipinski definition) is 0. The number of benzene rings is 7. The third-order valence-electron chi connectivity index (χ3n) is 9.05. The lowest BCUT2D eigenvalue weighted by atomic mass is 9.89. The van der Waals surface area contributed by atoms with Crippen LogP contribution in [0.4, 0.5) is 0 Å². The zero-order valence-corrected chi connectivity index (χ0v) is 26.1. The van der Waals surface area contributed by atoms with Crippen LogP contribution in [0, 0.1) is 0 Å². The van der Waals surface area contributed by atoms with Gasteiger partial charge in [0, 0.05) is 38.4 Å². The van der Waals surface area contributed by atoms with Crippen molar-refractivity contribution in [2.45, 2.75) is 0 Å². The zero-order chi connectivity index (χ0) is 31.9. The monoisotopic (exact) mass is 611 g/mol. The second-order valence-corrected chi connectivity index (χ2v) is 12.0. The number of nitrogens with zero attached hydrogens (tertiary/aromatic N) is 3. The number of fused-ring (bicyclic) bond motifs is 5. The molecule has 0 saturated carbocycles. The highest BCUT2D eigenvalue weighted by atomic mass is 14.9. The summed E-state index contributed by atoms with van der Waals surface area (Å²) in [7, 11) is 0. The maximum Gasteiger partial charge on any atom is 0.160 e.